The van der Waals surface area contributed by atoms with Crippen LogP contribution in [0.4, 0.5) is 4.39 Å². The van der Waals surface area contributed by atoms with Crippen LogP contribution >= 0.6 is 12.6 Å². The lowest BCUT2D eigenvalue weighted by atomic mass is 9.90. The molecule has 2 aromatic rings. The van der Waals surface area contributed by atoms with Crippen molar-refractivity contribution in [3.8, 4) is 0 Å². The van der Waals surface area contributed by atoms with E-state index in [1.54, 1.807) is 11.0 Å². The summed E-state index contributed by atoms with van der Waals surface area (Å²) in [6.07, 6.45) is 3.04. The maximum atomic E-state index is 10.8. The van der Waals surface area contributed by atoms with Crippen LogP contribution in [0.1, 0.15) is 12.5 Å². The molecule has 0 amide bonds. The third kappa shape index (κ3) is 3.78. The van der Waals surface area contributed by atoms with Gasteiger partial charge in [-0.3, -0.25) is 4.39 Å². The number of benzene rings is 1. The van der Waals surface area contributed by atoms with Gasteiger partial charge in [-0.15, -0.1) is 0 Å². The first kappa shape index (κ1) is 15.7. The minimum atomic E-state index is -1.06. The standard InChI is InChI=1S/C12H15N3OS.CH3F/c1-10(17)12(16,7-15-9-13-8-14-15)11-5-3-2-4-6-11;1-2/h2-6,8-10,16-17H,7H2,1H3;1H3/t10?,12-;/m1./s1. The Morgan fingerprint density at radius 1 is 1.37 bits per heavy atom. The van der Waals surface area contributed by atoms with Gasteiger partial charge in [0.1, 0.15) is 18.3 Å². The molecule has 1 aromatic heterocycles. The molecule has 1 unspecified atom stereocenters. The number of hydrogen-bond donors (Lipinski definition) is 2. The Kier molecular flexibility index (Phi) is 5.98. The number of aliphatic hydroxyl groups is 1. The van der Waals surface area contributed by atoms with Crippen molar-refractivity contribution < 1.29 is 9.50 Å². The second kappa shape index (κ2) is 7.25. The van der Waals surface area contributed by atoms with E-state index in [0.717, 1.165) is 5.56 Å². The monoisotopic (exact) mass is 283 g/mol. The van der Waals surface area contributed by atoms with Crippen molar-refractivity contribution >= 4 is 12.6 Å². The zero-order valence-corrected chi connectivity index (χ0v) is 11.8. The van der Waals surface area contributed by atoms with Gasteiger partial charge >= 0.3 is 0 Å². The zero-order chi connectivity index (χ0) is 14.3. The van der Waals surface area contributed by atoms with Crippen molar-refractivity contribution in [1.82, 2.24) is 14.8 Å². The number of aromatic nitrogens is 3. The minimum absolute atomic E-state index is 0.214. The molecular formula is C13H18FN3OS. The fourth-order valence-electron chi connectivity index (χ4n) is 1.75. The van der Waals surface area contributed by atoms with E-state index in [4.69, 9.17) is 0 Å². The number of hydrogen-bond acceptors (Lipinski definition) is 4. The summed E-state index contributed by atoms with van der Waals surface area (Å²) in [5.74, 6) is 0. The van der Waals surface area contributed by atoms with Crippen LogP contribution in [0.25, 0.3) is 0 Å². The van der Waals surface area contributed by atoms with Gasteiger partial charge in [0.05, 0.1) is 13.7 Å². The SMILES string of the molecule is CC(S)[C@](O)(Cn1cncn1)c1ccccc1.CF. The first-order chi connectivity index (χ1) is 9.13. The van der Waals surface area contributed by atoms with E-state index >= 15 is 0 Å². The van der Waals surface area contributed by atoms with Crippen LogP contribution in [0.5, 0.6) is 0 Å². The van der Waals surface area contributed by atoms with Crippen molar-refractivity contribution in [1.29, 1.82) is 0 Å². The second-order valence-corrected chi connectivity index (χ2v) is 4.83. The minimum Gasteiger partial charge on any atom is -0.382 e. The van der Waals surface area contributed by atoms with E-state index in [-0.39, 0.29) is 5.25 Å². The molecular weight excluding hydrogens is 265 g/mol. The van der Waals surface area contributed by atoms with Crippen molar-refractivity contribution in [2.24, 2.45) is 0 Å². The maximum absolute atomic E-state index is 10.8. The summed E-state index contributed by atoms with van der Waals surface area (Å²) >= 11 is 4.39. The third-order valence-electron chi connectivity index (χ3n) is 2.83. The fraction of sp³-hybridized carbons (Fsp3) is 0.385. The molecule has 1 N–H and O–H groups in total. The molecule has 104 valence electrons. The van der Waals surface area contributed by atoms with Gasteiger partial charge in [0.2, 0.25) is 0 Å². The highest BCUT2D eigenvalue weighted by Crippen LogP contribution is 2.29. The van der Waals surface area contributed by atoms with Gasteiger partial charge in [0, 0.05) is 5.25 Å². The summed E-state index contributed by atoms with van der Waals surface area (Å²) in [5.41, 5.74) is -0.226. The van der Waals surface area contributed by atoms with Crippen LogP contribution < -0.4 is 0 Å². The number of rotatable bonds is 4. The lowest BCUT2D eigenvalue weighted by Gasteiger charge is -2.31. The molecule has 0 aliphatic carbocycles. The fourth-order valence-corrected chi connectivity index (χ4v) is 1.98. The molecule has 1 aromatic carbocycles. The van der Waals surface area contributed by atoms with Crippen molar-refractivity contribution in [3.05, 3.63) is 48.5 Å². The largest absolute Gasteiger partial charge is 0.382 e. The van der Waals surface area contributed by atoms with E-state index in [2.05, 4.69) is 22.7 Å². The maximum Gasteiger partial charge on any atom is 0.137 e. The Morgan fingerprint density at radius 2 is 2.00 bits per heavy atom. The molecule has 6 heteroatoms. The Hall–Kier alpha value is -1.40. The number of alkyl halides is 1. The molecule has 0 saturated heterocycles. The van der Waals surface area contributed by atoms with Crippen molar-refractivity contribution in [2.45, 2.75) is 24.3 Å². The average Bonchev–Trinajstić information content (AvgIpc) is 2.94. The quantitative estimate of drug-likeness (QED) is 0.845. The molecule has 1 heterocycles. The predicted molar refractivity (Wildman–Crippen MR) is 75.8 cm³/mol. The lowest BCUT2D eigenvalue weighted by Crippen LogP contribution is -2.39. The van der Waals surface area contributed by atoms with Crippen LogP contribution in [-0.2, 0) is 12.1 Å². The van der Waals surface area contributed by atoms with E-state index in [1.165, 1.54) is 6.33 Å². The van der Waals surface area contributed by atoms with Gasteiger partial charge in [0.15, 0.2) is 0 Å². The number of halogens is 1. The van der Waals surface area contributed by atoms with Crippen LogP contribution in [0, 0.1) is 0 Å². The van der Waals surface area contributed by atoms with Gasteiger partial charge in [-0.1, -0.05) is 37.3 Å². The van der Waals surface area contributed by atoms with Crippen LogP contribution in [0.3, 0.4) is 0 Å². The second-order valence-electron chi connectivity index (χ2n) is 4.06. The first-order valence-electron chi connectivity index (χ1n) is 5.79. The Bertz CT molecular complexity index is 464. The molecule has 4 nitrogen and oxygen atoms in total. The summed E-state index contributed by atoms with van der Waals surface area (Å²) in [6, 6.07) is 9.51. The summed E-state index contributed by atoms with van der Waals surface area (Å²) in [7, 11) is 0.500. The normalized spacial score (nSPS) is 15.0. The summed E-state index contributed by atoms with van der Waals surface area (Å²) in [6.45, 7) is 2.20. The third-order valence-corrected chi connectivity index (χ3v) is 3.26. The Labute approximate surface area is 117 Å². The van der Waals surface area contributed by atoms with Crippen LogP contribution in [-0.4, -0.2) is 32.3 Å². The highest BCUT2D eigenvalue weighted by Gasteiger charge is 2.34. The predicted octanol–water partition coefficient (Wildman–Crippen LogP) is 2.07. The van der Waals surface area contributed by atoms with Gasteiger partial charge < -0.3 is 5.11 Å². The van der Waals surface area contributed by atoms with Gasteiger partial charge in [-0.25, -0.2) is 9.67 Å². The topological polar surface area (TPSA) is 50.9 Å². The molecule has 0 fully saturated rings. The van der Waals surface area contributed by atoms with Gasteiger partial charge in [-0.05, 0) is 5.56 Å². The molecule has 2 atom stereocenters. The van der Waals surface area contributed by atoms with Crippen LogP contribution in [0.2, 0.25) is 0 Å². The Balaban J connectivity index is 0.000000861. The summed E-state index contributed by atoms with van der Waals surface area (Å²) in [5, 5.41) is 14.6. The highest BCUT2D eigenvalue weighted by molar-refractivity contribution is 7.81. The molecule has 19 heavy (non-hydrogen) atoms. The molecule has 0 bridgehead atoms. The van der Waals surface area contributed by atoms with E-state index in [9.17, 15) is 9.50 Å². The number of nitrogens with zero attached hydrogens (tertiary/aromatic N) is 3. The zero-order valence-electron chi connectivity index (χ0n) is 10.9. The average molecular weight is 283 g/mol. The summed E-state index contributed by atoms with van der Waals surface area (Å²) in [4.78, 5) is 3.88. The molecule has 0 saturated carbocycles. The molecule has 2 rings (SSSR count). The van der Waals surface area contributed by atoms with Crippen molar-refractivity contribution in [3.63, 3.8) is 0 Å². The van der Waals surface area contributed by atoms with E-state index in [1.807, 2.05) is 37.3 Å². The molecule has 0 aliphatic rings. The molecule has 0 spiro atoms. The lowest BCUT2D eigenvalue weighted by molar-refractivity contribution is 0.0172. The summed E-state index contributed by atoms with van der Waals surface area (Å²) < 4.78 is 11.1. The highest BCUT2D eigenvalue weighted by atomic mass is 32.1. The Morgan fingerprint density at radius 3 is 2.47 bits per heavy atom. The van der Waals surface area contributed by atoms with Crippen LogP contribution in [0.15, 0.2) is 43.0 Å². The first-order valence-corrected chi connectivity index (χ1v) is 6.31. The smallest absolute Gasteiger partial charge is 0.137 e. The van der Waals surface area contributed by atoms with Crippen molar-refractivity contribution in [2.75, 3.05) is 7.18 Å². The molecule has 0 radical (unpaired) electrons. The van der Waals surface area contributed by atoms with E-state index < -0.39 is 5.60 Å². The number of thiol groups is 1. The molecule has 0 aliphatic heterocycles. The van der Waals surface area contributed by atoms with Gasteiger partial charge in [-0.2, -0.15) is 17.7 Å². The van der Waals surface area contributed by atoms with E-state index in [0.29, 0.717) is 13.7 Å². The van der Waals surface area contributed by atoms with Gasteiger partial charge in [0.25, 0.3) is 0 Å².